The second-order valence-electron chi connectivity index (χ2n) is 4.17. The third-order valence-corrected chi connectivity index (χ3v) is 4.34. The largest absolute Gasteiger partial charge is 0.367 e. The van der Waals surface area contributed by atoms with Crippen molar-refractivity contribution in [2.75, 3.05) is 6.54 Å². The Balaban J connectivity index is 1.87. The molecule has 2 unspecified atom stereocenters. The highest BCUT2D eigenvalue weighted by Crippen LogP contribution is 2.39. The van der Waals surface area contributed by atoms with E-state index in [1.54, 1.807) is 6.08 Å². The zero-order valence-corrected chi connectivity index (χ0v) is 10.1. The van der Waals surface area contributed by atoms with Crippen molar-refractivity contribution in [3.63, 3.8) is 0 Å². The van der Waals surface area contributed by atoms with E-state index in [0.29, 0.717) is 6.54 Å². The fraction of sp³-hybridized carbons (Fsp3) is 0.583. The zero-order valence-electron chi connectivity index (χ0n) is 9.26. The SMILES string of the molecule is C=CC1=NCC(C(O)OC2(C=C)CCC2)S1. The molecule has 0 amide bonds. The lowest BCUT2D eigenvalue weighted by Gasteiger charge is -2.41. The van der Waals surface area contributed by atoms with Crippen LogP contribution < -0.4 is 0 Å². The molecule has 3 nitrogen and oxygen atoms in total. The van der Waals surface area contributed by atoms with Gasteiger partial charge in [-0.15, -0.1) is 6.58 Å². The third kappa shape index (κ3) is 2.24. The number of hydrogen-bond acceptors (Lipinski definition) is 4. The summed E-state index contributed by atoms with van der Waals surface area (Å²) in [7, 11) is 0. The van der Waals surface area contributed by atoms with Crippen LogP contribution in [0.4, 0.5) is 0 Å². The van der Waals surface area contributed by atoms with Crippen molar-refractivity contribution in [2.24, 2.45) is 4.99 Å². The molecule has 1 aliphatic heterocycles. The van der Waals surface area contributed by atoms with E-state index in [4.69, 9.17) is 4.74 Å². The zero-order chi connectivity index (χ0) is 11.6. The Kier molecular flexibility index (Phi) is 3.52. The fourth-order valence-electron chi connectivity index (χ4n) is 1.88. The Morgan fingerprint density at radius 1 is 1.56 bits per heavy atom. The molecule has 16 heavy (non-hydrogen) atoms. The van der Waals surface area contributed by atoms with Gasteiger partial charge in [-0.05, 0) is 25.3 Å². The molecule has 4 heteroatoms. The number of thioether (sulfide) groups is 1. The molecule has 0 radical (unpaired) electrons. The van der Waals surface area contributed by atoms with Gasteiger partial charge in [-0.3, -0.25) is 4.99 Å². The molecule has 1 N–H and O–H groups in total. The van der Waals surface area contributed by atoms with E-state index in [0.717, 1.165) is 24.3 Å². The van der Waals surface area contributed by atoms with Gasteiger partial charge >= 0.3 is 0 Å². The van der Waals surface area contributed by atoms with Gasteiger partial charge in [0.1, 0.15) is 0 Å². The summed E-state index contributed by atoms with van der Waals surface area (Å²) in [6.07, 6.45) is 5.81. The Labute approximate surface area is 100 Å². The highest BCUT2D eigenvalue weighted by atomic mass is 32.2. The molecule has 0 aromatic heterocycles. The number of ether oxygens (including phenoxy) is 1. The lowest BCUT2D eigenvalue weighted by atomic mass is 9.80. The van der Waals surface area contributed by atoms with Crippen molar-refractivity contribution in [3.8, 4) is 0 Å². The maximum atomic E-state index is 10.00. The average Bonchev–Trinajstić information content (AvgIpc) is 2.71. The number of nitrogens with zero attached hydrogens (tertiary/aromatic N) is 1. The van der Waals surface area contributed by atoms with E-state index in [1.807, 2.05) is 6.08 Å². The molecular formula is C12H17NO2S. The summed E-state index contributed by atoms with van der Waals surface area (Å²) < 4.78 is 5.71. The Hall–Kier alpha value is -0.580. The quantitative estimate of drug-likeness (QED) is 0.590. The molecule has 0 spiro atoms. The molecule has 1 fully saturated rings. The van der Waals surface area contributed by atoms with Crippen LogP contribution in [-0.4, -0.2) is 33.8 Å². The third-order valence-electron chi connectivity index (χ3n) is 3.12. The normalized spacial score (nSPS) is 29.1. The van der Waals surface area contributed by atoms with Gasteiger partial charge in [-0.25, -0.2) is 0 Å². The van der Waals surface area contributed by atoms with Gasteiger partial charge in [0, 0.05) is 0 Å². The lowest BCUT2D eigenvalue weighted by Crippen LogP contribution is -2.44. The van der Waals surface area contributed by atoms with Gasteiger partial charge in [0.25, 0.3) is 0 Å². The second-order valence-corrected chi connectivity index (χ2v) is 5.43. The van der Waals surface area contributed by atoms with E-state index in [-0.39, 0.29) is 10.9 Å². The van der Waals surface area contributed by atoms with E-state index in [2.05, 4.69) is 18.2 Å². The summed E-state index contributed by atoms with van der Waals surface area (Å²) in [6, 6.07) is 0. The van der Waals surface area contributed by atoms with Crippen LogP contribution in [0.15, 0.2) is 30.3 Å². The molecule has 2 atom stereocenters. The van der Waals surface area contributed by atoms with Crippen LogP contribution in [0.3, 0.4) is 0 Å². The van der Waals surface area contributed by atoms with Gasteiger partial charge in [0.2, 0.25) is 0 Å². The van der Waals surface area contributed by atoms with Gasteiger partial charge < -0.3 is 9.84 Å². The van der Waals surface area contributed by atoms with Crippen molar-refractivity contribution in [2.45, 2.75) is 36.4 Å². The second kappa shape index (κ2) is 4.73. The molecule has 88 valence electrons. The topological polar surface area (TPSA) is 41.8 Å². The standard InChI is InChI=1S/C12H17NO2S/c1-3-10-13-8-9(16-10)11(14)15-12(4-2)6-5-7-12/h3-4,9,11,14H,1-2,5-8H2. The van der Waals surface area contributed by atoms with Crippen LogP contribution in [-0.2, 0) is 4.74 Å². The molecule has 0 aromatic rings. The molecule has 1 heterocycles. The van der Waals surface area contributed by atoms with Gasteiger partial charge in [-0.1, -0.05) is 24.4 Å². The van der Waals surface area contributed by atoms with E-state index in [1.165, 1.54) is 11.8 Å². The number of aliphatic imine (C=N–C) groups is 1. The summed E-state index contributed by atoms with van der Waals surface area (Å²) in [5.74, 6) is 0. The van der Waals surface area contributed by atoms with Crippen molar-refractivity contribution in [1.82, 2.24) is 0 Å². The minimum absolute atomic E-state index is 0.00887. The van der Waals surface area contributed by atoms with Crippen LogP contribution in [0.25, 0.3) is 0 Å². The predicted octanol–water partition coefficient (Wildman–Crippen LogP) is 2.13. The van der Waals surface area contributed by atoms with Crippen molar-refractivity contribution >= 4 is 16.8 Å². The molecule has 1 aliphatic carbocycles. The van der Waals surface area contributed by atoms with Crippen molar-refractivity contribution in [1.29, 1.82) is 0 Å². The number of hydrogen-bond donors (Lipinski definition) is 1. The summed E-state index contributed by atoms with van der Waals surface area (Å²) in [4.78, 5) is 4.25. The fourth-order valence-corrected chi connectivity index (χ4v) is 2.76. The van der Waals surface area contributed by atoms with Gasteiger partial charge in [0.15, 0.2) is 6.29 Å². The molecule has 0 bridgehead atoms. The Morgan fingerprint density at radius 2 is 2.31 bits per heavy atom. The Morgan fingerprint density at radius 3 is 2.75 bits per heavy atom. The maximum absolute atomic E-state index is 10.00. The highest BCUT2D eigenvalue weighted by Gasteiger charge is 2.39. The molecule has 2 aliphatic rings. The first-order valence-electron chi connectivity index (χ1n) is 5.52. The monoisotopic (exact) mass is 239 g/mol. The molecular weight excluding hydrogens is 222 g/mol. The maximum Gasteiger partial charge on any atom is 0.169 e. The number of aliphatic hydroxyl groups is 1. The van der Waals surface area contributed by atoms with Crippen LogP contribution in [0.1, 0.15) is 19.3 Å². The average molecular weight is 239 g/mol. The van der Waals surface area contributed by atoms with Crippen LogP contribution >= 0.6 is 11.8 Å². The molecule has 2 rings (SSSR count). The van der Waals surface area contributed by atoms with Crippen LogP contribution in [0, 0.1) is 0 Å². The number of rotatable bonds is 5. The number of aliphatic hydroxyl groups excluding tert-OH is 1. The van der Waals surface area contributed by atoms with Gasteiger partial charge in [0.05, 0.1) is 22.4 Å². The minimum atomic E-state index is -0.774. The van der Waals surface area contributed by atoms with Gasteiger partial charge in [-0.2, -0.15) is 0 Å². The summed E-state index contributed by atoms with van der Waals surface area (Å²) >= 11 is 1.53. The Bertz CT molecular complexity index is 323. The highest BCUT2D eigenvalue weighted by molar-refractivity contribution is 8.15. The summed E-state index contributed by atoms with van der Waals surface area (Å²) in [6.45, 7) is 8.04. The first-order chi connectivity index (χ1) is 7.69. The van der Waals surface area contributed by atoms with E-state index < -0.39 is 6.29 Å². The summed E-state index contributed by atoms with van der Waals surface area (Å²) in [5, 5.41) is 10.9. The minimum Gasteiger partial charge on any atom is -0.367 e. The molecule has 1 saturated carbocycles. The first kappa shape index (κ1) is 11.9. The predicted molar refractivity (Wildman–Crippen MR) is 67.7 cm³/mol. The molecule has 0 saturated heterocycles. The van der Waals surface area contributed by atoms with Crippen molar-refractivity contribution in [3.05, 3.63) is 25.3 Å². The first-order valence-corrected chi connectivity index (χ1v) is 6.40. The summed E-state index contributed by atoms with van der Waals surface area (Å²) in [5.41, 5.74) is -0.295. The van der Waals surface area contributed by atoms with Crippen LogP contribution in [0.2, 0.25) is 0 Å². The van der Waals surface area contributed by atoms with E-state index >= 15 is 0 Å². The molecule has 0 aromatic carbocycles. The van der Waals surface area contributed by atoms with Crippen molar-refractivity contribution < 1.29 is 9.84 Å². The van der Waals surface area contributed by atoms with Crippen LogP contribution in [0.5, 0.6) is 0 Å². The smallest absolute Gasteiger partial charge is 0.169 e. The lowest BCUT2D eigenvalue weighted by molar-refractivity contribution is -0.190. The van der Waals surface area contributed by atoms with E-state index in [9.17, 15) is 5.11 Å².